The van der Waals surface area contributed by atoms with Crippen molar-refractivity contribution < 1.29 is 9.90 Å². The molecule has 0 saturated carbocycles. The van der Waals surface area contributed by atoms with Crippen LogP contribution in [0.1, 0.15) is 58.6 Å². The van der Waals surface area contributed by atoms with E-state index < -0.39 is 5.97 Å². The fraction of sp³-hybridized carbons (Fsp3) is 0.500. The maximum atomic E-state index is 9.00. The van der Waals surface area contributed by atoms with Crippen LogP contribution in [0.3, 0.4) is 0 Å². The van der Waals surface area contributed by atoms with E-state index in [4.69, 9.17) is 9.90 Å². The molecule has 0 amide bonds. The third-order valence-corrected chi connectivity index (χ3v) is 3.74. The van der Waals surface area contributed by atoms with E-state index in [9.17, 15) is 0 Å². The predicted molar refractivity (Wildman–Crippen MR) is 109 cm³/mol. The fourth-order valence-electron chi connectivity index (χ4n) is 2.50. The van der Waals surface area contributed by atoms with Gasteiger partial charge in [-0.3, -0.25) is 9.69 Å². The number of carbonyl (C=O) groups is 1. The number of unbranched alkanes of at least 4 members (excludes halogenated alkanes) is 1. The normalized spacial score (nSPS) is 9.88. The molecule has 3 heteroatoms. The number of hydrogen-bond donors (Lipinski definition) is 1. The summed E-state index contributed by atoms with van der Waals surface area (Å²) in [4.78, 5) is 11.5. The molecule has 0 unspecified atom stereocenters. The number of hydrogen-bond acceptors (Lipinski definition) is 2. The van der Waals surface area contributed by atoms with Crippen molar-refractivity contribution in [3.63, 3.8) is 0 Å². The lowest BCUT2D eigenvalue weighted by Crippen LogP contribution is -2.23. The Bertz CT molecular complexity index is 618. The zero-order valence-corrected chi connectivity index (χ0v) is 16.8. The van der Waals surface area contributed by atoms with Gasteiger partial charge in [-0.2, -0.15) is 0 Å². The SMILES string of the molecule is CC.CC(=O)O.CCCCN(CC)Cc1ccc2cc(C)ccc2c1. The maximum absolute atomic E-state index is 9.00. The molecule has 0 atom stereocenters. The summed E-state index contributed by atoms with van der Waals surface area (Å²) in [5.74, 6) is -0.833. The van der Waals surface area contributed by atoms with Crippen LogP contribution in [0.25, 0.3) is 10.8 Å². The van der Waals surface area contributed by atoms with Crippen LogP contribution in [0, 0.1) is 6.92 Å². The molecule has 140 valence electrons. The van der Waals surface area contributed by atoms with Crippen molar-refractivity contribution in [2.75, 3.05) is 13.1 Å². The van der Waals surface area contributed by atoms with Crippen LogP contribution in [-0.4, -0.2) is 29.1 Å². The zero-order valence-electron chi connectivity index (χ0n) is 16.8. The summed E-state index contributed by atoms with van der Waals surface area (Å²) in [6, 6.07) is 13.6. The van der Waals surface area contributed by atoms with Gasteiger partial charge in [0.15, 0.2) is 0 Å². The Balaban J connectivity index is 0.000000845. The lowest BCUT2D eigenvalue weighted by Gasteiger charge is -2.20. The van der Waals surface area contributed by atoms with Gasteiger partial charge in [-0.25, -0.2) is 0 Å². The van der Waals surface area contributed by atoms with E-state index in [1.165, 1.54) is 41.3 Å². The topological polar surface area (TPSA) is 40.5 Å². The van der Waals surface area contributed by atoms with Gasteiger partial charge in [-0.05, 0) is 48.8 Å². The van der Waals surface area contributed by atoms with Crippen LogP contribution >= 0.6 is 0 Å². The van der Waals surface area contributed by atoms with Crippen LogP contribution in [0.2, 0.25) is 0 Å². The molecular weight excluding hydrogens is 310 g/mol. The Hall–Kier alpha value is -1.87. The highest BCUT2D eigenvalue weighted by Gasteiger charge is 2.04. The van der Waals surface area contributed by atoms with Gasteiger partial charge in [0.05, 0.1) is 0 Å². The Labute approximate surface area is 153 Å². The van der Waals surface area contributed by atoms with Crippen molar-refractivity contribution in [2.45, 2.75) is 60.9 Å². The van der Waals surface area contributed by atoms with E-state index in [0.717, 1.165) is 20.0 Å². The smallest absolute Gasteiger partial charge is 0.300 e. The van der Waals surface area contributed by atoms with E-state index in [0.29, 0.717) is 0 Å². The highest BCUT2D eigenvalue weighted by Crippen LogP contribution is 2.18. The van der Waals surface area contributed by atoms with Crippen molar-refractivity contribution in [2.24, 2.45) is 0 Å². The molecule has 1 N–H and O–H groups in total. The molecule has 2 aromatic carbocycles. The number of rotatable bonds is 6. The lowest BCUT2D eigenvalue weighted by molar-refractivity contribution is -0.134. The van der Waals surface area contributed by atoms with Gasteiger partial charge in [0.25, 0.3) is 5.97 Å². The average molecular weight is 346 g/mol. The van der Waals surface area contributed by atoms with Gasteiger partial charge in [0.1, 0.15) is 0 Å². The van der Waals surface area contributed by atoms with Gasteiger partial charge in [-0.15, -0.1) is 0 Å². The number of nitrogens with zero attached hydrogens (tertiary/aromatic N) is 1. The maximum Gasteiger partial charge on any atom is 0.300 e. The van der Waals surface area contributed by atoms with Crippen LogP contribution in [0.4, 0.5) is 0 Å². The minimum atomic E-state index is -0.833. The molecule has 0 saturated heterocycles. The van der Waals surface area contributed by atoms with Crippen LogP contribution in [-0.2, 0) is 11.3 Å². The van der Waals surface area contributed by atoms with Gasteiger partial charge in [0.2, 0.25) is 0 Å². The molecular formula is C22H35NO2. The van der Waals surface area contributed by atoms with Crippen LogP contribution in [0.15, 0.2) is 36.4 Å². The zero-order chi connectivity index (χ0) is 19.2. The lowest BCUT2D eigenvalue weighted by atomic mass is 10.0. The van der Waals surface area contributed by atoms with E-state index in [1.807, 2.05) is 13.8 Å². The monoisotopic (exact) mass is 345 g/mol. The van der Waals surface area contributed by atoms with E-state index in [-0.39, 0.29) is 0 Å². The first-order valence-corrected chi connectivity index (χ1v) is 9.37. The van der Waals surface area contributed by atoms with Gasteiger partial charge in [0, 0.05) is 13.5 Å². The molecule has 25 heavy (non-hydrogen) atoms. The summed E-state index contributed by atoms with van der Waals surface area (Å²) in [6.07, 6.45) is 2.56. The molecule has 0 spiro atoms. The van der Waals surface area contributed by atoms with Gasteiger partial charge >= 0.3 is 0 Å². The van der Waals surface area contributed by atoms with Crippen molar-refractivity contribution in [1.82, 2.24) is 4.90 Å². The van der Waals surface area contributed by atoms with Gasteiger partial charge in [-0.1, -0.05) is 70.0 Å². The highest BCUT2D eigenvalue weighted by molar-refractivity contribution is 5.83. The third-order valence-electron chi connectivity index (χ3n) is 3.74. The highest BCUT2D eigenvalue weighted by atomic mass is 16.4. The molecule has 3 nitrogen and oxygen atoms in total. The Kier molecular flexibility index (Phi) is 12.4. The number of carboxylic acids is 1. The van der Waals surface area contributed by atoms with Crippen molar-refractivity contribution in [3.8, 4) is 0 Å². The van der Waals surface area contributed by atoms with Gasteiger partial charge < -0.3 is 5.11 Å². The summed E-state index contributed by atoms with van der Waals surface area (Å²) in [5, 5.41) is 10.1. The fourth-order valence-corrected chi connectivity index (χ4v) is 2.50. The molecule has 0 heterocycles. The largest absolute Gasteiger partial charge is 0.481 e. The molecule has 0 aliphatic rings. The predicted octanol–water partition coefficient (Wildman–Crippen LogP) is 5.89. The van der Waals surface area contributed by atoms with Crippen LogP contribution in [0.5, 0.6) is 0 Å². The number of carboxylic acid groups (broad SMARTS) is 1. The second-order valence-corrected chi connectivity index (χ2v) is 5.93. The summed E-state index contributed by atoms with van der Waals surface area (Å²) >= 11 is 0. The standard InChI is InChI=1S/C18H25N.C2H4O2.C2H6/c1-4-6-11-19(5-2)14-16-8-10-17-12-15(3)7-9-18(17)13-16;1-2(3)4;1-2/h7-10,12-13H,4-6,11,14H2,1-3H3;1H3,(H,3,4);1-2H3. The minimum Gasteiger partial charge on any atom is -0.481 e. The molecule has 0 fully saturated rings. The number of aliphatic carboxylic acids is 1. The Morgan fingerprint density at radius 1 is 1.04 bits per heavy atom. The Morgan fingerprint density at radius 3 is 2.16 bits per heavy atom. The minimum absolute atomic E-state index is 0.833. The second-order valence-electron chi connectivity index (χ2n) is 5.93. The quantitative estimate of drug-likeness (QED) is 0.710. The molecule has 0 aliphatic carbocycles. The summed E-state index contributed by atoms with van der Waals surface area (Å²) in [5.41, 5.74) is 2.76. The summed E-state index contributed by atoms with van der Waals surface area (Å²) in [6.45, 7) is 15.1. The second kappa shape index (κ2) is 13.4. The Morgan fingerprint density at radius 2 is 1.60 bits per heavy atom. The van der Waals surface area contributed by atoms with E-state index in [2.05, 4.69) is 62.1 Å². The average Bonchev–Trinajstić information content (AvgIpc) is 2.60. The van der Waals surface area contributed by atoms with Crippen molar-refractivity contribution in [3.05, 3.63) is 47.5 Å². The van der Waals surface area contributed by atoms with E-state index >= 15 is 0 Å². The first kappa shape index (κ1) is 23.1. The van der Waals surface area contributed by atoms with Crippen molar-refractivity contribution in [1.29, 1.82) is 0 Å². The molecule has 2 rings (SSSR count). The molecule has 2 aromatic rings. The third kappa shape index (κ3) is 9.88. The molecule has 0 aliphatic heterocycles. The number of benzene rings is 2. The first-order valence-electron chi connectivity index (χ1n) is 9.37. The van der Waals surface area contributed by atoms with Crippen LogP contribution < -0.4 is 0 Å². The first-order chi connectivity index (χ1) is 12.0. The number of aryl methyl sites for hydroxylation is 1. The van der Waals surface area contributed by atoms with E-state index in [1.54, 1.807) is 0 Å². The summed E-state index contributed by atoms with van der Waals surface area (Å²) in [7, 11) is 0. The molecule has 0 bridgehead atoms. The van der Waals surface area contributed by atoms with Crippen molar-refractivity contribution >= 4 is 16.7 Å². The molecule has 0 aromatic heterocycles. The number of fused-ring (bicyclic) bond motifs is 1. The molecule has 0 radical (unpaired) electrons. The summed E-state index contributed by atoms with van der Waals surface area (Å²) < 4.78 is 0.